The summed E-state index contributed by atoms with van der Waals surface area (Å²) in [6.07, 6.45) is 8.91. The van der Waals surface area contributed by atoms with Crippen LogP contribution in [-0.4, -0.2) is 37.1 Å². The number of nitrogens with zero attached hydrogens (tertiary/aromatic N) is 1. The Balaban J connectivity index is 1.53. The summed E-state index contributed by atoms with van der Waals surface area (Å²) in [7, 11) is 0. The lowest BCUT2D eigenvalue weighted by Gasteiger charge is -2.54. The molecule has 2 nitrogen and oxygen atoms in total. The smallest absolute Gasteiger partial charge is 0.0233 e. The predicted octanol–water partition coefficient (Wildman–Crippen LogP) is 1.61. The minimum absolute atomic E-state index is 0.779. The van der Waals surface area contributed by atoms with Crippen molar-refractivity contribution < 1.29 is 0 Å². The van der Waals surface area contributed by atoms with Gasteiger partial charge in [-0.2, -0.15) is 0 Å². The van der Waals surface area contributed by atoms with Crippen molar-refractivity contribution in [1.82, 2.24) is 10.2 Å². The van der Waals surface area contributed by atoms with Crippen LogP contribution in [0.1, 0.15) is 38.5 Å². The molecule has 0 aromatic rings. The van der Waals surface area contributed by atoms with Crippen molar-refractivity contribution in [3.8, 4) is 0 Å². The molecule has 2 saturated heterocycles. The Kier molecular flexibility index (Phi) is 2.29. The van der Waals surface area contributed by atoms with Crippen LogP contribution in [0.5, 0.6) is 0 Å². The third kappa shape index (κ3) is 1.49. The Morgan fingerprint density at radius 2 is 1.86 bits per heavy atom. The summed E-state index contributed by atoms with van der Waals surface area (Å²) in [4.78, 5) is 2.73. The van der Waals surface area contributed by atoms with E-state index in [4.69, 9.17) is 0 Å². The van der Waals surface area contributed by atoms with Crippen LogP contribution in [-0.2, 0) is 0 Å². The summed E-state index contributed by atoms with van der Waals surface area (Å²) in [5.41, 5.74) is 0.779. The normalized spacial score (nSPS) is 37.3. The lowest BCUT2D eigenvalue weighted by molar-refractivity contribution is -0.0501. The summed E-state index contributed by atoms with van der Waals surface area (Å²) in [5, 5.41) is 3.47. The molecule has 0 aromatic heterocycles. The van der Waals surface area contributed by atoms with E-state index in [1.54, 1.807) is 0 Å². The zero-order valence-corrected chi connectivity index (χ0v) is 9.10. The van der Waals surface area contributed by atoms with E-state index in [-0.39, 0.29) is 0 Å². The Morgan fingerprint density at radius 3 is 2.50 bits per heavy atom. The second-order valence-corrected chi connectivity index (χ2v) is 5.61. The van der Waals surface area contributed by atoms with Gasteiger partial charge in [-0.15, -0.1) is 0 Å². The van der Waals surface area contributed by atoms with Gasteiger partial charge in [0.1, 0.15) is 0 Å². The number of nitrogens with one attached hydrogen (secondary N) is 1. The van der Waals surface area contributed by atoms with Crippen molar-refractivity contribution in [3.63, 3.8) is 0 Å². The van der Waals surface area contributed by atoms with Crippen molar-refractivity contribution in [3.05, 3.63) is 0 Å². The van der Waals surface area contributed by atoms with Gasteiger partial charge < -0.3 is 5.32 Å². The molecule has 2 heterocycles. The Labute approximate surface area is 87.0 Å². The van der Waals surface area contributed by atoms with Gasteiger partial charge in [0.25, 0.3) is 0 Å². The van der Waals surface area contributed by atoms with E-state index < -0.39 is 0 Å². The highest BCUT2D eigenvalue weighted by atomic mass is 15.3. The number of hydrogen-bond donors (Lipinski definition) is 1. The molecule has 0 amide bonds. The van der Waals surface area contributed by atoms with Gasteiger partial charge >= 0.3 is 0 Å². The Hall–Kier alpha value is -0.0800. The van der Waals surface area contributed by atoms with Crippen LogP contribution < -0.4 is 5.32 Å². The molecule has 2 aliphatic heterocycles. The molecule has 0 aromatic carbocycles. The maximum absolute atomic E-state index is 3.47. The minimum atomic E-state index is 0.779. The summed E-state index contributed by atoms with van der Waals surface area (Å²) < 4.78 is 0. The zero-order chi connectivity index (χ0) is 9.43. The van der Waals surface area contributed by atoms with Crippen LogP contribution in [0.4, 0.5) is 0 Å². The third-order valence-electron chi connectivity index (χ3n) is 4.54. The van der Waals surface area contributed by atoms with Gasteiger partial charge in [0.2, 0.25) is 0 Å². The van der Waals surface area contributed by atoms with Crippen molar-refractivity contribution >= 4 is 0 Å². The largest absolute Gasteiger partial charge is 0.315 e. The van der Waals surface area contributed by atoms with E-state index in [9.17, 15) is 0 Å². The first kappa shape index (κ1) is 9.17. The van der Waals surface area contributed by atoms with E-state index in [1.165, 1.54) is 64.7 Å². The minimum Gasteiger partial charge on any atom is -0.315 e. The molecule has 1 aliphatic carbocycles. The summed E-state index contributed by atoms with van der Waals surface area (Å²) in [6, 6.07) is 0.877. The molecule has 3 aliphatic rings. The molecule has 0 radical (unpaired) electrons. The fourth-order valence-electron chi connectivity index (χ4n) is 3.64. The SMILES string of the molecule is C1CCC2(CC1)CN(C1CCNC1)C2. The zero-order valence-electron chi connectivity index (χ0n) is 9.10. The van der Waals surface area contributed by atoms with Gasteiger partial charge in [-0.05, 0) is 31.2 Å². The van der Waals surface area contributed by atoms with Gasteiger partial charge in [0, 0.05) is 25.7 Å². The molecule has 0 bridgehead atoms. The van der Waals surface area contributed by atoms with Crippen LogP contribution >= 0.6 is 0 Å². The second kappa shape index (κ2) is 3.49. The van der Waals surface area contributed by atoms with Crippen LogP contribution in [0.15, 0.2) is 0 Å². The summed E-state index contributed by atoms with van der Waals surface area (Å²) in [5.74, 6) is 0. The maximum Gasteiger partial charge on any atom is 0.0233 e. The fourth-order valence-corrected chi connectivity index (χ4v) is 3.64. The lowest BCUT2D eigenvalue weighted by atomic mass is 9.68. The highest BCUT2D eigenvalue weighted by Gasteiger charge is 2.45. The van der Waals surface area contributed by atoms with Gasteiger partial charge in [-0.25, -0.2) is 0 Å². The summed E-state index contributed by atoms with van der Waals surface area (Å²) >= 11 is 0. The first-order chi connectivity index (χ1) is 6.88. The second-order valence-electron chi connectivity index (χ2n) is 5.61. The molecule has 1 saturated carbocycles. The van der Waals surface area contributed by atoms with Gasteiger partial charge in [-0.3, -0.25) is 4.90 Å². The van der Waals surface area contributed by atoms with Crippen LogP contribution in [0, 0.1) is 5.41 Å². The molecule has 1 N–H and O–H groups in total. The molecule has 2 heteroatoms. The molecular formula is C12H22N2. The topological polar surface area (TPSA) is 15.3 Å². The maximum atomic E-state index is 3.47. The monoisotopic (exact) mass is 194 g/mol. The van der Waals surface area contributed by atoms with Crippen molar-refractivity contribution in [2.24, 2.45) is 5.41 Å². The van der Waals surface area contributed by atoms with Crippen molar-refractivity contribution in [1.29, 1.82) is 0 Å². The molecule has 1 unspecified atom stereocenters. The molecular weight excluding hydrogens is 172 g/mol. The van der Waals surface area contributed by atoms with E-state index >= 15 is 0 Å². The lowest BCUT2D eigenvalue weighted by Crippen LogP contribution is -2.60. The molecule has 1 spiro atoms. The van der Waals surface area contributed by atoms with E-state index in [1.807, 2.05) is 0 Å². The Morgan fingerprint density at radius 1 is 1.07 bits per heavy atom. The standard InChI is InChI=1S/C12H22N2/c1-2-5-12(6-3-1)9-14(10-12)11-4-7-13-8-11/h11,13H,1-10H2. The highest BCUT2D eigenvalue weighted by molar-refractivity contribution is 5.00. The quantitative estimate of drug-likeness (QED) is 0.682. The van der Waals surface area contributed by atoms with Crippen LogP contribution in [0.2, 0.25) is 0 Å². The van der Waals surface area contributed by atoms with Crippen LogP contribution in [0.3, 0.4) is 0 Å². The average molecular weight is 194 g/mol. The predicted molar refractivity (Wildman–Crippen MR) is 58.4 cm³/mol. The van der Waals surface area contributed by atoms with Gasteiger partial charge in [-0.1, -0.05) is 19.3 Å². The van der Waals surface area contributed by atoms with Gasteiger partial charge in [0.05, 0.1) is 0 Å². The first-order valence-electron chi connectivity index (χ1n) is 6.33. The number of hydrogen-bond acceptors (Lipinski definition) is 2. The number of rotatable bonds is 1. The number of likely N-dealkylation sites (tertiary alicyclic amines) is 1. The van der Waals surface area contributed by atoms with E-state index in [0.29, 0.717) is 0 Å². The van der Waals surface area contributed by atoms with Crippen molar-refractivity contribution in [2.75, 3.05) is 26.2 Å². The molecule has 1 atom stereocenters. The Bertz CT molecular complexity index is 194. The first-order valence-corrected chi connectivity index (χ1v) is 6.33. The molecule has 80 valence electrons. The third-order valence-corrected chi connectivity index (χ3v) is 4.54. The van der Waals surface area contributed by atoms with Crippen molar-refractivity contribution in [2.45, 2.75) is 44.6 Å². The van der Waals surface area contributed by atoms with Gasteiger partial charge in [0.15, 0.2) is 0 Å². The van der Waals surface area contributed by atoms with E-state index in [0.717, 1.165) is 11.5 Å². The van der Waals surface area contributed by atoms with Crippen LogP contribution in [0.25, 0.3) is 0 Å². The molecule has 14 heavy (non-hydrogen) atoms. The highest BCUT2D eigenvalue weighted by Crippen LogP contribution is 2.44. The summed E-state index contributed by atoms with van der Waals surface area (Å²) in [6.45, 7) is 5.32. The van der Waals surface area contributed by atoms with E-state index in [2.05, 4.69) is 10.2 Å². The average Bonchev–Trinajstić information content (AvgIpc) is 2.68. The molecule has 3 fully saturated rings. The molecule has 3 rings (SSSR count). The fraction of sp³-hybridized carbons (Fsp3) is 1.00.